The second-order valence-corrected chi connectivity index (χ2v) is 6.91. The van der Waals surface area contributed by atoms with Crippen LogP contribution in [0.3, 0.4) is 0 Å². The van der Waals surface area contributed by atoms with Crippen molar-refractivity contribution in [2.24, 2.45) is 13.0 Å². The number of piperidine rings is 1. The molecule has 1 aliphatic rings. The number of rotatable bonds is 7. The topological polar surface area (TPSA) is 85.7 Å². The van der Waals surface area contributed by atoms with E-state index in [4.69, 9.17) is 9.47 Å². The number of likely N-dealkylation sites (tertiary alicyclic amines) is 1. The molecule has 0 radical (unpaired) electrons. The van der Waals surface area contributed by atoms with Gasteiger partial charge in [-0.15, -0.1) is 5.10 Å². The normalized spacial score (nSPS) is 16.4. The number of carbonyl (C=O) groups is 2. The van der Waals surface area contributed by atoms with Gasteiger partial charge >= 0.3 is 0 Å². The molecule has 1 aromatic carbocycles. The van der Waals surface area contributed by atoms with Crippen LogP contribution in [-0.4, -0.2) is 59.8 Å². The smallest absolute Gasteiger partial charge is 0.260 e. The molecule has 1 aromatic heterocycles. The van der Waals surface area contributed by atoms with Gasteiger partial charge in [-0.2, -0.15) is 0 Å². The summed E-state index contributed by atoms with van der Waals surface area (Å²) in [5.41, 5.74) is 0.392. The highest BCUT2D eigenvalue weighted by Crippen LogP contribution is 2.22. The number of halogens is 1. The average Bonchev–Trinajstić information content (AvgIpc) is 3.12. The van der Waals surface area contributed by atoms with Gasteiger partial charge in [-0.25, -0.2) is 4.39 Å². The van der Waals surface area contributed by atoms with E-state index in [2.05, 4.69) is 10.4 Å². The van der Waals surface area contributed by atoms with Crippen LogP contribution in [-0.2, 0) is 11.8 Å². The Morgan fingerprint density at radius 3 is 2.79 bits per heavy atom. The van der Waals surface area contributed by atoms with Crippen molar-refractivity contribution in [3.05, 3.63) is 41.8 Å². The lowest BCUT2D eigenvalue weighted by Gasteiger charge is -2.31. The van der Waals surface area contributed by atoms with Crippen LogP contribution in [0.5, 0.6) is 11.6 Å². The fourth-order valence-corrected chi connectivity index (χ4v) is 3.33. The maximum atomic E-state index is 12.9. The largest absolute Gasteiger partial charge is 0.492 e. The molecule has 0 spiro atoms. The monoisotopic (exact) mass is 404 g/mol. The van der Waals surface area contributed by atoms with Crippen molar-refractivity contribution in [3.63, 3.8) is 0 Å². The number of amides is 2. The van der Waals surface area contributed by atoms with Crippen LogP contribution >= 0.6 is 0 Å². The van der Waals surface area contributed by atoms with Gasteiger partial charge in [0.15, 0.2) is 0 Å². The van der Waals surface area contributed by atoms with Gasteiger partial charge in [0.25, 0.3) is 5.91 Å². The number of aryl methyl sites for hydroxylation is 1. The van der Waals surface area contributed by atoms with Crippen molar-refractivity contribution < 1.29 is 23.5 Å². The lowest BCUT2D eigenvalue weighted by atomic mass is 9.96. The van der Waals surface area contributed by atoms with Crippen LogP contribution in [0, 0.1) is 11.7 Å². The van der Waals surface area contributed by atoms with Crippen LogP contribution in [0.2, 0.25) is 0 Å². The lowest BCUT2D eigenvalue weighted by Crippen LogP contribution is -2.46. The van der Waals surface area contributed by atoms with Crippen molar-refractivity contribution in [2.45, 2.75) is 12.8 Å². The Labute approximate surface area is 168 Å². The minimum Gasteiger partial charge on any atom is -0.492 e. The Morgan fingerprint density at radius 2 is 2.07 bits per heavy atom. The van der Waals surface area contributed by atoms with E-state index in [1.165, 1.54) is 36.1 Å². The van der Waals surface area contributed by atoms with Gasteiger partial charge < -0.3 is 19.7 Å². The zero-order chi connectivity index (χ0) is 20.8. The first-order chi connectivity index (χ1) is 14.0. The Balaban J connectivity index is 1.48. The average molecular weight is 404 g/mol. The molecular formula is C20H25FN4O4. The number of benzene rings is 1. The third-order valence-electron chi connectivity index (χ3n) is 4.78. The molecule has 0 saturated carbocycles. The predicted octanol–water partition coefficient (Wildman–Crippen LogP) is 1.62. The number of hydrogen-bond donors (Lipinski definition) is 1. The minimum absolute atomic E-state index is 0.108. The summed E-state index contributed by atoms with van der Waals surface area (Å²) in [6.07, 6.45) is 3.09. The summed E-state index contributed by atoms with van der Waals surface area (Å²) in [7, 11) is 3.19. The third kappa shape index (κ3) is 5.24. The Kier molecular flexibility index (Phi) is 6.69. The van der Waals surface area contributed by atoms with Crippen LogP contribution < -0.4 is 14.8 Å². The first kappa shape index (κ1) is 20.6. The molecule has 2 aromatic rings. The second kappa shape index (κ2) is 9.40. The SMILES string of the molecule is COc1nn(C)cc1C(=O)N1CCCC(C(=O)NCCOc2ccc(F)cc2)C1. The number of carbonyl (C=O) groups excluding carboxylic acids is 2. The van der Waals surface area contributed by atoms with Crippen molar-refractivity contribution in [1.82, 2.24) is 20.0 Å². The van der Waals surface area contributed by atoms with E-state index in [9.17, 15) is 14.0 Å². The number of nitrogens with zero attached hydrogens (tertiary/aromatic N) is 3. The number of hydrogen-bond acceptors (Lipinski definition) is 5. The Bertz CT molecular complexity index is 853. The summed E-state index contributed by atoms with van der Waals surface area (Å²) in [4.78, 5) is 27.0. The number of aromatic nitrogens is 2. The summed E-state index contributed by atoms with van der Waals surface area (Å²) in [6, 6.07) is 5.71. The minimum atomic E-state index is -0.328. The van der Waals surface area contributed by atoms with E-state index in [1.807, 2.05) is 0 Å². The van der Waals surface area contributed by atoms with Crippen molar-refractivity contribution in [3.8, 4) is 11.6 Å². The van der Waals surface area contributed by atoms with Gasteiger partial charge in [-0.1, -0.05) is 0 Å². The van der Waals surface area contributed by atoms with Crippen molar-refractivity contribution >= 4 is 11.8 Å². The molecule has 2 heterocycles. The van der Waals surface area contributed by atoms with Gasteiger partial charge in [0.05, 0.1) is 19.6 Å². The van der Waals surface area contributed by atoms with Crippen LogP contribution in [0.4, 0.5) is 4.39 Å². The molecule has 0 aliphatic carbocycles. The zero-order valence-electron chi connectivity index (χ0n) is 16.6. The van der Waals surface area contributed by atoms with Gasteiger partial charge in [0.1, 0.15) is 23.7 Å². The van der Waals surface area contributed by atoms with E-state index in [0.717, 1.165) is 12.8 Å². The van der Waals surface area contributed by atoms with Crippen LogP contribution in [0.25, 0.3) is 0 Å². The molecule has 1 fully saturated rings. The summed E-state index contributed by atoms with van der Waals surface area (Å²) in [5, 5.41) is 6.95. The molecule has 156 valence electrons. The van der Waals surface area contributed by atoms with Crippen LogP contribution in [0.15, 0.2) is 30.5 Å². The van der Waals surface area contributed by atoms with E-state index in [0.29, 0.717) is 30.9 Å². The summed E-state index contributed by atoms with van der Waals surface area (Å²) in [6.45, 7) is 1.55. The van der Waals surface area contributed by atoms with Crippen molar-refractivity contribution in [1.29, 1.82) is 0 Å². The number of ether oxygens (including phenoxy) is 2. The molecule has 8 nitrogen and oxygen atoms in total. The molecule has 0 bridgehead atoms. The van der Waals surface area contributed by atoms with E-state index in [1.54, 1.807) is 18.1 Å². The molecule has 1 saturated heterocycles. The summed E-state index contributed by atoms with van der Waals surface area (Å²) < 4.78 is 25.0. The maximum absolute atomic E-state index is 12.9. The van der Waals surface area contributed by atoms with Crippen LogP contribution in [0.1, 0.15) is 23.2 Å². The first-order valence-electron chi connectivity index (χ1n) is 9.51. The highest BCUT2D eigenvalue weighted by molar-refractivity contribution is 5.96. The summed E-state index contributed by atoms with van der Waals surface area (Å²) in [5.74, 6) is -0.0786. The fourth-order valence-electron chi connectivity index (χ4n) is 3.33. The summed E-state index contributed by atoms with van der Waals surface area (Å²) >= 11 is 0. The van der Waals surface area contributed by atoms with Gasteiger partial charge in [0.2, 0.25) is 11.8 Å². The highest BCUT2D eigenvalue weighted by Gasteiger charge is 2.30. The Morgan fingerprint density at radius 1 is 1.31 bits per heavy atom. The molecule has 29 heavy (non-hydrogen) atoms. The Hall–Kier alpha value is -3.10. The lowest BCUT2D eigenvalue weighted by molar-refractivity contribution is -0.126. The highest BCUT2D eigenvalue weighted by atomic mass is 19.1. The van der Waals surface area contributed by atoms with Gasteiger partial charge in [-0.05, 0) is 37.1 Å². The molecule has 3 rings (SSSR count). The maximum Gasteiger partial charge on any atom is 0.260 e. The fraction of sp³-hybridized carbons (Fsp3) is 0.450. The van der Waals surface area contributed by atoms with Gasteiger partial charge in [-0.3, -0.25) is 14.3 Å². The molecule has 9 heteroatoms. The third-order valence-corrected chi connectivity index (χ3v) is 4.78. The molecular weight excluding hydrogens is 379 g/mol. The van der Waals surface area contributed by atoms with E-state index in [-0.39, 0.29) is 36.0 Å². The standard InChI is InChI=1S/C20H25FN4O4/c1-24-13-17(19(23-24)28-2)20(27)25-10-3-4-14(12-25)18(26)22-9-11-29-16-7-5-15(21)6-8-16/h5-8,13-14H,3-4,9-12H2,1-2H3,(H,22,26). The van der Waals surface area contributed by atoms with E-state index < -0.39 is 0 Å². The predicted molar refractivity (Wildman–Crippen MR) is 103 cm³/mol. The first-order valence-corrected chi connectivity index (χ1v) is 9.51. The van der Waals surface area contributed by atoms with Crippen molar-refractivity contribution in [2.75, 3.05) is 33.4 Å². The number of nitrogens with one attached hydrogen (secondary N) is 1. The molecule has 1 atom stereocenters. The van der Waals surface area contributed by atoms with E-state index >= 15 is 0 Å². The molecule has 1 N–H and O–H groups in total. The number of methoxy groups -OCH3 is 1. The molecule has 2 amide bonds. The second-order valence-electron chi connectivity index (χ2n) is 6.91. The van der Waals surface area contributed by atoms with Gasteiger partial charge in [0, 0.05) is 26.3 Å². The quantitative estimate of drug-likeness (QED) is 0.709. The molecule has 1 unspecified atom stereocenters. The zero-order valence-corrected chi connectivity index (χ0v) is 16.6. The molecule has 1 aliphatic heterocycles.